The van der Waals surface area contributed by atoms with Gasteiger partial charge in [0.1, 0.15) is 12.2 Å². The summed E-state index contributed by atoms with van der Waals surface area (Å²) in [6.45, 7) is 20.4. The van der Waals surface area contributed by atoms with Gasteiger partial charge < -0.3 is 34.7 Å². The van der Waals surface area contributed by atoms with Gasteiger partial charge in [-0.1, -0.05) is 170 Å². The van der Waals surface area contributed by atoms with Crippen LogP contribution in [0.25, 0.3) is 0 Å². The predicted octanol–water partition coefficient (Wildman–Crippen LogP) is 10.9. The van der Waals surface area contributed by atoms with Crippen LogP contribution in [-0.2, 0) is 44.3 Å². The molecule has 0 N–H and O–H groups in total. The summed E-state index contributed by atoms with van der Waals surface area (Å²) in [7, 11) is 0. The summed E-state index contributed by atoms with van der Waals surface area (Å²) in [6.07, 6.45) is 27.0. The van der Waals surface area contributed by atoms with Gasteiger partial charge in [-0.05, 0) is 38.5 Å². The molecule has 4 radical (unpaired) electrons. The van der Waals surface area contributed by atoms with Crippen LogP contribution in [0.2, 0.25) is 0 Å². The van der Waals surface area contributed by atoms with Crippen molar-refractivity contribution >= 4 is 61.1 Å². The molecule has 0 saturated carbocycles. The Morgan fingerprint density at radius 1 is 0.512 bits per heavy atom. The van der Waals surface area contributed by atoms with Crippen LogP contribution in [0.5, 0.6) is 0 Å². The number of carbonyl (C=O) groups excluding carboxylic acids is 2. The van der Waals surface area contributed by atoms with Crippen molar-refractivity contribution in [3.63, 3.8) is 0 Å². The Balaban J connectivity index is -0.000000152. The average Bonchev–Trinajstić information content (AvgIpc) is 3.01. The van der Waals surface area contributed by atoms with Crippen molar-refractivity contribution in [2.45, 2.75) is 195 Å². The fraction of sp³-hybridized carbons (Fsp3) is 0.889. The molecule has 0 rings (SSSR count). The van der Waals surface area contributed by atoms with Crippen molar-refractivity contribution < 1.29 is 19.1 Å². The molecule has 0 amide bonds. The molecule has 0 aliphatic heterocycles. The first-order chi connectivity index (χ1) is 20.3. The monoisotopic (exact) mass is 752 g/mol. The van der Waals surface area contributed by atoms with E-state index in [2.05, 4.69) is 66.8 Å². The second-order valence-electron chi connectivity index (χ2n) is 10.9. The quantitative estimate of drug-likeness (QED) is 0.0424. The number of ether oxygens (including phenoxy) is 2. The van der Waals surface area contributed by atoms with E-state index in [1.807, 2.05) is 13.8 Å². The second kappa shape index (κ2) is 49.3. The fourth-order valence-electron chi connectivity index (χ4n) is 3.94. The van der Waals surface area contributed by atoms with Gasteiger partial charge in [0.15, 0.2) is 0 Å². The minimum absolute atomic E-state index is 0. The molecule has 7 heteroatoms. The number of carbonyl (C=O) groups is 2. The van der Waals surface area contributed by atoms with Crippen LogP contribution in [0.4, 0.5) is 0 Å². The molecule has 4 nitrogen and oxygen atoms in total. The van der Waals surface area contributed by atoms with Crippen molar-refractivity contribution in [2.75, 3.05) is 11.5 Å². The molecular formula is C36H72O4S2Sn. The first kappa shape index (κ1) is 52.9. The molecule has 0 saturated heterocycles. The van der Waals surface area contributed by atoms with E-state index in [9.17, 15) is 9.59 Å². The Morgan fingerprint density at radius 2 is 0.791 bits per heavy atom. The molecule has 0 bridgehead atoms. The van der Waals surface area contributed by atoms with E-state index in [4.69, 9.17) is 9.47 Å². The van der Waals surface area contributed by atoms with E-state index in [1.165, 1.54) is 89.9 Å². The maximum atomic E-state index is 10.9. The van der Waals surface area contributed by atoms with E-state index in [1.54, 1.807) is 0 Å². The molecule has 0 aliphatic carbocycles. The van der Waals surface area contributed by atoms with E-state index >= 15 is 0 Å². The van der Waals surface area contributed by atoms with Gasteiger partial charge in [-0.2, -0.15) is 0 Å². The zero-order chi connectivity index (χ0) is 32.7. The molecule has 0 fully saturated rings. The molecule has 0 heterocycles. The third-order valence-electron chi connectivity index (χ3n) is 6.71. The van der Waals surface area contributed by atoms with Crippen LogP contribution >= 0.6 is 0 Å². The fourth-order valence-corrected chi connectivity index (χ4v) is 4.07. The normalized spacial score (nSPS) is 11.2. The molecular weight excluding hydrogens is 679 g/mol. The summed E-state index contributed by atoms with van der Waals surface area (Å²) in [5.41, 5.74) is 0. The number of rotatable bonds is 24. The summed E-state index contributed by atoms with van der Waals surface area (Å²) >= 11 is 9.20. The SMILES string of the molecule is CCCCCC(CC)OC(=O)C[S-].CCCCCC(CC)OC(=O)C[S-].[CH2]CCCCCCC.[CH2]CCCCCCC.[Sn+2]. The molecule has 0 aliphatic rings. The summed E-state index contributed by atoms with van der Waals surface area (Å²) in [4.78, 5) is 21.8. The molecule has 2 unspecified atom stereocenters. The predicted molar refractivity (Wildman–Crippen MR) is 196 cm³/mol. The van der Waals surface area contributed by atoms with Crippen LogP contribution in [0, 0.1) is 13.8 Å². The summed E-state index contributed by atoms with van der Waals surface area (Å²) in [6, 6.07) is 0. The summed E-state index contributed by atoms with van der Waals surface area (Å²) < 4.78 is 10.3. The molecule has 0 aromatic heterocycles. The van der Waals surface area contributed by atoms with Gasteiger partial charge in [-0.15, -0.1) is 0 Å². The minimum atomic E-state index is -0.252. The largest absolute Gasteiger partial charge is 2.00 e. The van der Waals surface area contributed by atoms with E-state index < -0.39 is 0 Å². The second-order valence-corrected chi connectivity index (χ2v) is 11.4. The Hall–Kier alpha value is 0.439. The molecule has 2 atom stereocenters. The first-order valence-electron chi connectivity index (χ1n) is 17.4. The van der Waals surface area contributed by atoms with E-state index in [0.29, 0.717) is 0 Å². The van der Waals surface area contributed by atoms with Gasteiger partial charge in [0.2, 0.25) is 0 Å². The number of hydrogen-bond donors (Lipinski definition) is 0. The van der Waals surface area contributed by atoms with Crippen LogP contribution in [-0.4, -0.2) is 59.6 Å². The third kappa shape index (κ3) is 52.3. The average molecular weight is 752 g/mol. The van der Waals surface area contributed by atoms with Crippen LogP contribution in [0.1, 0.15) is 183 Å². The summed E-state index contributed by atoms with van der Waals surface area (Å²) in [5.74, 6) is -0.356. The summed E-state index contributed by atoms with van der Waals surface area (Å²) in [5, 5.41) is 0. The Labute approximate surface area is 298 Å². The van der Waals surface area contributed by atoms with E-state index in [0.717, 1.165) is 51.4 Å². The number of hydrogen-bond acceptors (Lipinski definition) is 6. The maximum Gasteiger partial charge on any atom is 2.00 e. The first-order valence-corrected chi connectivity index (χ1v) is 18.6. The van der Waals surface area contributed by atoms with Gasteiger partial charge in [-0.25, -0.2) is 0 Å². The maximum absolute atomic E-state index is 10.9. The van der Waals surface area contributed by atoms with Gasteiger partial charge >= 0.3 is 23.9 Å². The van der Waals surface area contributed by atoms with Crippen molar-refractivity contribution in [1.29, 1.82) is 0 Å². The molecule has 0 spiro atoms. The van der Waals surface area contributed by atoms with Gasteiger partial charge in [0, 0.05) is 0 Å². The Kier molecular flexibility index (Phi) is 60.7. The number of esters is 2. The van der Waals surface area contributed by atoms with Crippen LogP contribution < -0.4 is 0 Å². The van der Waals surface area contributed by atoms with Crippen molar-refractivity contribution in [2.24, 2.45) is 0 Å². The van der Waals surface area contributed by atoms with Crippen molar-refractivity contribution in [3.8, 4) is 0 Å². The number of unbranched alkanes of at least 4 members (excludes halogenated alkanes) is 14. The van der Waals surface area contributed by atoms with Crippen LogP contribution in [0.3, 0.4) is 0 Å². The van der Waals surface area contributed by atoms with Crippen molar-refractivity contribution in [3.05, 3.63) is 13.8 Å². The zero-order valence-corrected chi connectivity index (χ0v) is 34.0. The Morgan fingerprint density at radius 3 is 1.02 bits per heavy atom. The van der Waals surface area contributed by atoms with E-state index in [-0.39, 0.29) is 59.6 Å². The topological polar surface area (TPSA) is 52.6 Å². The molecule has 43 heavy (non-hydrogen) atoms. The Bertz CT molecular complexity index is 454. The van der Waals surface area contributed by atoms with Gasteiger partial charge in [0.05, 0.1) is 0 Å². The van der Waals surface area contributed by atoms with Crippen LogP contribution in [0.15, 0.2) is 0 Å². The molecule has 256 valence electrons. The smallest absolute Gasteiger partial charge is 0.782 e. The zero-order valence-electron chi connectivity index (χ0n) is 29.5. The third-order valence-corrected chi connectivity index (χ3v) is 7.18. The van der Waals surface area contributed by atoms with Crippen molar-refractivity contribution in [1.82, 2.24) is 0 Å². The van der Waals surface area contributed by atoms with Gasteiger partial charge in [0.25, 0.3) is 11.9 Å². The standard InChI is InChI=1S/2C10H20O2S.2C8H17.Sn/c2*1-3-5-6-7-9(4-2)12-10(11)8-13;2*1-3-5-7-8-6-4-2;/h2*9,13H,3-8H2,1-2H3;2*1,3-8H2,2H3;/q;;;;+2/p-2. The molecule has 0 aromatic rings. The molecule has 0 aromatic carbocycles. The minimum Gasteiger partial charge on any atom is -0.782 e. The van der Waals surface area contributed by atoms with Gasteiger partial charge in [-0.3, -0.25) is 9.59 Å².